The minimum absolute atomic E-state index is 0.0270. The fraction of sp³-hybridized carbons (Fsp3) is 0.500. The van der Waals surface area contributed by atoms with E-state index in [0.717, 1.165) is 6.07 Å². The summed E-state index contributed by atoms with van der Waals surface area (Å²) in [6, 6.07) is 7.12. The summed E-state index contributed by atoms with van der Waals surface area (Å²) in [6.45, 7) is 2.10. The maximum absolute atomic E-state index is 13.4. The first-order chi connectivity index (χ1) is 15.3. The lowest BCUT2D eigenvalue weighted by atomic mass is 9.71. The summed E-state index contributed by atoms with van der Waals surface area (Å²) in [4.78, 5) is 16.2. The molecule has 170 valence electrons. The van der Waals surface area contributed by atoms with Crippen LogP contribution in [-0.2, 0) is 17.5 Å². The molecule has 1 N–H and O–H groups in total. The molecule has 2 saturated heterocycles. The van der Waals surface area contributed by atoms with Crippen molar-refractivity contribution >= 4 is 11.6 Å². The smallest absolute Gasteiger partial charge is 0.396 e. The first-order valence-corrected chi connectivity index (χ1v) is 10.5. The number of aromatic nitrogens is 2. The number of benzene rings is 1. The molecule has 2 aliphatic rings. The minimum atomic E-state index is -4.62. The molecule has 0 radical (unpaired) electrons. The lowest BCUT2D eigenvalue weighted by molar-refractivity contribution is -0.137. The van der Waals surface area contributed by atoms with E-state index >= 15 is 0 Å². The zero-order valence-electron chi connectivity index (χ0n) is 17.4. The topological polar surface area (TPSA) is 85.4 Å². The molecule has 2 aliphatic heterocycles. The van der Waals surface area contributed by atoms with Gasteiger partial charge >= 0.3 is 6.18 Å². The van der Waals surface area contributed by atoms with Crippen molar-refractivity contribution in [1.82, 2.24) is 14.7 Å². The molecular weight excluding hydrogens is 423 g/mol. The summed E-state index contributed by atoms with van der Waals surface area (Å²) in [7, 11) is 0. The molecule has 1 amide bonds. The third-order valence-electron chi connectivity index (χ3n) is 6.80. The Labute approximate surface area is 183 Å². The third kappa shape index (κ3) is 4.17. The number of nitrogens with zero attached hydrogens (tertiary/aromatic N) is 5. The zero-order valence-corrected chi connectivity index (χ0v) is 17.4. The summed E-state index contributed by atoms with van der Waals surface area (Å²) in [5.74, 6) is -0.128. The van der Waals surface area contributed by atoms with E-state index in [1.54, 1.807) is 34.1 Å². The van der Waals surface area contributed by atoms with Crippen molar-refractivity contribution in [3.63, 3.8) is 0 Å². The fourth-order valence-corrected chi connectivity index (χ4v) is 4.94. The average Bonchev–Trinajstić information content (AvgIpc) is 3.41. The Balaban J connectivity index is 1.48. The lowest BCUT2D eigenvalue weighted by Gasteiger charge is -2.42. The van der Waals surface area contributed by atoms with Gasteiger partial charge < -0.3 is 14.9 Å². The number of anilines is 1. The molecule has 1 aromatic heterocycles. The normalized spacial score (nSPS) is 20.5. The first-order valence-electron chi connectivity index (χ1n) is 10.5. The van der Waals surface area contributed by atoms with E-state index in [2.05, 4.69) is 5.10 Å². The summed E-state index contributed by atoms with van der Waals surface area (Å²) >= 11 is 0. The highest BCUT2D eigenvalue weighted by atomic mass is 19.4. The number of nitriles is 1. The number of aliphatic hydroxyl groups excluding tert-OH is 1. The van der Waals surface area contributed by atoms with E-state index < -0.39 is 17.3 Å². The van der Waals surface area contributed by atoms with Gasteiger partial charge in [-0.1, -0.05) is 0 Å². The molecule has 1 atom stereocenters. The van der Waals surface area contributed by atoms with Crippen molar-refractivity contribution in [3.05, 3.63) is 47.8 Å². The Morgan fingerprint density at radius 2 is 2.06 bits per heavy atom. The second-order valence-electron chi connectivity index (χ2n) is 8.55. The monoisotopic (exact) mass is 447 g/mol. The van der Waals surface area contributed by atoms with Crippen molar-refractivity contribution in [3.8, 4) is 6.07 Å². The zero-order chi connectivity index (χ0) is 22.9. The molecular formula is C22H24F3N5O2. The molecule has 10 heteroatoms. The summed E-state index contributed by atoms with van der Waals surface area (Å²) in [5.41, 5.74) is -1.23. The second kappa shape index (κ2) is 8.47. The number of piperidine rings is 1. The van der Waals surface area contributed by atoms with Gasteiger partial charge in [-0.25, -0.2) is 0 Å². The second-order valence-corrected chi connectivity index (χ2v) is 8.55. The summed E-state index contributed by atoms with van der Waals surface area (Å²) in [5, 5.41) is 23.1. The molecule has 4 rings (SSSR count). The third-order valence-corrected chi connectivity index (χ3v) is 6.80. The van der Waals surface area contributed by atoms with Crippen LogP contribution in [0, 0.1) is 22.7 Å². The minimum Gasteiger partial charge on any atom is -0.396 e. The van der Waals surface area contributed by atoms with Crippen LogP contribution in [0.1, 0.15) is 24.0 Å². The highest BCUT2D eigenvalue weighted by Crippen LogP contribution is 2.46. The molecule has 0 saturated carbocycles. The molecule has 2 aromatic rings. The van der Waals surface area contributed by atoms with Crippen LogP contribution in [-0.4, -0.2) is 58.5 Å². The molecule has 0 bridgehead atoms. The van der Waals surface area contributed by atoms with Gasteiger partial charge in [0.15, 0.2) is 0 Å². The molecule has 2 fully saturated rings. The SMILES string of the molecule is N#Cc1ccc(N2CC(CO)C3(CCN(C(=O)Cn4cccn4)CC3)C2)cc1C(F)(F)F. The van der Waals surface area contributed by atoms with Crippen LogP contribution in [0.3, 0.4) is 0 Å². The number of aliphatic hydroxyl groups is 1. The standard InChI is InChI=1S/C22H24F3N5O2/c23-22(24,25)19-10-18(3-2-16(19)11-26)29-12-17(14-31)21(15-29)4-8-28(9-5-21)20(32)13-30-7-1-6-27-30/h1-3,6-7,10,17,31H,4-5,8-9,12-15H2. The molecule has 7 nitrogen and oxygen atoms in total. The predicted octanol–water partition coefficient (Wildman–Crippen LogP) is 2.51. The van der Waals surface area contributed by atoms with Gasteiger partial charge in [0.25, 0.3) is 0 Å². The van der Waals surface area contributed by atoms with Gasteiger partial charge in [0.1, 0.15) is 6.54 Å². The molecule has 1 aromatic carbocycles. The number of rotatable bonds is 4. The van der Waals surface area contributed by atoms with Crippen molar-refractivity contribution in [1.29, 1.82) is 5.26 Å². The Bertz CT molecular complexity index is 1010. The van der Waals surface area contributed by atoms with Gasteiger partial charge in [-0.3, -0.25) is 9.48 Å². The number of halogens is 3. The number of alkyl halides is 3. The summed E-state index contributed by atoms with van der Waals surface area (Å²) < 4.78 is 41.8. The van der Waals surface area contributed by atoms with Crippen LogP contribution >= 0.6 is 0 Å². The largest absolute Gasteiger partial charge is 0.417 e. The van der Waals surface area contributed by atoms with E-state index in [1.807, 2.05) is 4.90 Å². The quantitative estimate of drug-likeness (QED) is 0.779. The number of hydrogen-bond acceptors (Lipinski definition) is 5. The maximum atomic E-state index is 13.4. The predicted molar refractivity (Wildman–Crippen MR) is 109 cm³/mol. The Morgan fingerprint density at radius 1 is 1.31 bits per heavy atom. The maximum Gasteiger partial charge on any atom is 0.417 e. The van der Waals surface area contributed by atoms with E-state index in [4.69, 9.17) is 5.26 Å². The van der Waals surface area contributed by atoms with E-state index in [9.17, 15) is 23.1 Å². The molecule has 1 spiro atoms. The summed E-state index contributed by atoms with van der Waals surface area (Å²) in [6.07, 6.45) is 0.0661. The molecule has 0 aliphatic carbocycles. The number of hydrogen-bond donors (Lipinski definition) is 1. The van der Waals surface area contributed by atoms with Gasteiger partial charge in [0.2, 0.25) is 5.91 Å². The van der Waals surface area contributed by atoms with Crippen LogP contribution < -0.4 is 4.90 Å². The van der Waals surface area contributed by atoms with Crippen LogP contribution in [0.2, 0.25) is 0 Å². The van der Waals surface area contributed by atoms with Gasteiger partial charge in [-0.2, -0.15) is 23.5 Å². The van der Waals surface area contributed by atoms with Gasteiger partial charge in [0, 0.05) is 56.8 Å². The van der Waals surface area contributed by atoms with Crippen LogP contribution in [0.5, 0.6) is 0 Å². The van der Waals surface area contributed by atoms with E-state index in [0.29, 0.717) is 44.7 Å². The van der Waals surface area contributed by atoms with Gasteiger partial charge in [-0.15, -0.1) is 0 Å². The van der Waals surface area contributed by atoms with Crippen molar-refractivity contribution < 1.29 is 23.1 Å². The Hall–Kier alpha value is -3.06. The van der Waals surface area contributed by atoms with Crippen LogP contribution in [0.25, 0.3) is 0 Å². The van der Waals surface area contributed by atoms with Crippen LogP contribution in [0.15, 0.2) is 36.7 Å². The van der Waals surface area contributed by atoms with Crippen molar-refractivity contribution in [2.75, 3.05) is 37.7 Å². The number of carbonyl (C=O) groups is 1. The highest BCUT2D eigenvalue weighted by molar-refractivity contribution is 5.76. The molecule has 32 heavy (non-hydrogen) atoms. The molecule has 3 heterocycles. The number of likely N-dealkylation sites (tertiary alicyclic amines) is 1. The molecule has 1 unspecified atom stereocenters. The average molecular weight is 447 g/mol. The Kier molecular flexibility index (Phi) is 5.86. The van der Waals surface area contributed by atoms with Crippen LogP contribution in [0.4, 0.5) is 18.9 Å². The van der Waals surface area contributed by atoms with E-state index in [1.165, 1.54) is 12.1 Å². The van der Waals surface area contributed by atoms with Gasteiger partial charge in [-0.05, 0) is 42.5 Å². The van der Waals surface area contributed by atoms with Crippen molar-refractivity contribution in [2.45, 2.75) is 25.6 Å². The number of carbonyl (C=O) groups excluding carboxylic acids is 1. The van der Waals surface area contributed by atoms with Gasteiger partial charge in [0.05, 0.1) is 17.2 Å². The first kappa shape index (κ1) is 22.1. The fourth-order valence-electron chi connectivity index (χ4n) is 4.94. The highest BCUT2D eigenvalue weighted by Gasteiger charge is 2.48. The Morgan fingerprint density at radius 3 is 2.66 bits per heavy atom. The van der Waals surface area contributed by atoms with Crippen molar-refractivity contribution in [2.24, 2.45) is 11.3 Å². The lowest BCUT2D eigenvalue weighted by Crippen LogP contribution is -2.48. The van der Waals surface area contributed by atoms with E-state index in [-0.39, 0.29) is 30.4 Å². The number of amides is 1.